The average molecular weight is 262 g/mol. The summed E-state index contributed by atoms with van der Waals surface area (Å²) < 4.78 is 15.9. The summed E-state index contributed by atoms with van der Waals surface area (Å²) in [5.41, 5.74) is 2.63. The Morgan fingerprint density at radius 1 is 1.26 bits per heavy atom. The summed E-state index contributed by atoms with van der Waals surface area (Å²) in [4.78, 5) is 10.4. The highest BCUT2D eigenvalue weighted by molar-refractivity contribution is 5.52. The van der Waals surface area contributed by atoms with Crippen LogP contribution in [-0.2, 0) is 9.53 Å². The molecule has 1 aliphatic heterocycles. The molecule has 102 valence electrons. The number of fused-ring (bicyclic) bond motifs is 2. The van der Waals surface area contributed by atoms with E-state index in [1.807, 2.05) is 0 Å². The first-order valence-corrected chi connectivity index (χ1v) is 6.69. The second-order valence-corrected chi connectivity index (χ2v) is 5.45. The molecule has 3 unspecified atom stereocenters. The lowest BCUT2D eigenvalue weighted by atomic mass is 9.71. The van der Waals surface area contributed by atoms with Crippen LogP contribution in [0.5, 0.6) is 11.5 Å². The highest BCUT2D eigenvalue weighted by Crippen LogP contribution is 2.47. The molecule has 2 aliphatic rings. The van der Waals surface area contributed by atoms with Crippen molar-refractivity contribution in [2.45, 2.75) is 32.1 Å². The molecule has 4 nitrogen and oxygen atoms in total. The monoisotopic (exact) mass is 262 g/mol. The van der Waals surface area contributed by atoms with E-state index in [-0.39, 0.29) is 0 Å². The molecular weight excluding hydrogens is 244 g/mol. The van der Waals surface area contributed by atoms with Crippen LogP contribution in [0.1, 0.15) is 43.2 Å². The Morgan fingerprint density at radius 2 is 1.95 bits per heavy atom. The standard InChI is InChI=1S/C15H18O4/c1-9-3-11(6-17-7-16)10(2)13-5-15-14(4-12(9)13)18-8-19-15/h4-5,7,9-11H,3,6,8H2,1-2H3. The van der Waals surface area contributed by atoms with Gasteiger partial charge >= 0.3 is 0 Å². The number of benzene rings is 1. The molecule has 1 aromatic carbocycles. The zero-order valence-electron chi connectivity index (χ0n) is 11.2. The average Bonchev–Trinajstić information content (AvgIpc) is 2.87. The number of ether oxygens (including phenoxy) is 3. The minimum Gasteiger partial charge on any atom is -0.468 e. The topological polar surface area (TPSA) is 44.8 Å². The highest BCUT2D eigenvalue weighted by atomic mass is 16.7. The summed E-state index contributed by atoms with van der Waals surface area (Å²) in [6, 6.07) is 4.20. The van der Waals surface area contributed by atoms with Crippen LogP contribution in [0.25, 0.3) is 0 Å². The van der Waals surface area contributed by atoms with Crippen LogP contribution in [-0.4, -0.2) is 19.9 Å². The minimum absolute atomic E-state index is 0.304. The van der Waals surface area contributed by atoms with Crippen LogP contribution < -0.4 is 9.47 Å². The summed E-state index contributed by atoms with van der Waals surface area (Å²) in [5, 5.41) is 0. The van der Waals surface area contributed by atoms with Crippen molar-refractivity contribution in [2.75, 3.05) is 13.4 Å². The Bertz CT molecular complexity index is 497. The van der Waals surface area contributed by atoms with Crippen molar-refractivity contribution >= 4 is 6.47 Å². The van der Waals surface area contributed by atoms with Gasteiger partial charge in [-0.3, -0.25) is 4.79 Å². The second-order valence-electron chi connectivity index (χ2n) is 5.45. The Kier molecular flexibility index (Phi) is 3.09. The summed E-state index contributed by atoms with van der Waals surface area (Å²) in [5.74, 6) is 2.85. The van der Waals surface area contributed by atoms with E-state index < -0.39 is 0 Å². The maximum absolute atomic E-state index is 10.4. The van der Waals surface area contributed by atoms with Crippen LogP contribution in [0, 0.1) is 5.92 Å². The number of rotatable bonds is 3. The predicted octanol–water partition coefficient (Wildman–Crippen LogP) is 2.82. The van der Waals surface area contributed by atoms with Gasteiger partial charge in [0.15, 0.2) is 11.5 Å². The van der Waals surface area contributed by atoms with Gasteiger partial charge in [-0.05, 0) is 41.5 Å². The Balaban J connectivity index is 1.94. The van der Waals surface area contributed by atoms with Crippen molar-refractivity contribution in [1.29, 1.82) is 0 Å². The van der Waals surface area contributed by atoms with Gasteiger partial charge in [0.2, 0.25) is 6.79 Å². The molecule has 0 N–H and O–H groups in total. The molecule has 0 spiro atoms. The van der Waals surface area contributed by atoms with E-state index in [0.29, 0.717) is 37.6 Å². The second kappa shape index (κ2) is 4.76. The molecule has 3 atom stereocenters. The van der Waals surface area contributed by atoms with E-state index in [4.69, 9.17) is 14.2 Å². The number of hydrogen-bond acceptors (Lipinski definition) is 4. The molecule has 1 heterocycles. The Morgan fingerprint density at radius 3 is 2.63 bits per heavy atom. The first-order valence-electron chi connectivity index (χ1n) is 6.69. The van der Waals surface area contributed by atoms with Gasteiger partial charge in [-0.25, -0.2) is 0 Å². The maximum Gasteiger partial charge on any atom is 0.293 e. The van der Waals surface area contributed by atoms with Crippen molar-refractivity contribution in [3.05, 3.63) is 23.3 Å². The van der Waals surface area contributed by atoms with Crippen LogP contribution >= 0.6 is 0 Å². The Hall–Kier alpha value is -1.71. The molecule has 0 saturated heterocycles. The van der Waals surface area contributed by atoms with E-state index in [1.54, 1.807) is 0 Å². The molecule has 4 heteroatoms. The summed E-state index contributed by atoms with van der Waals surface area (Å²) in [6.07, 6.45) is 1.03. The molecule has 1 aliphatic carbocycles. The zero-order chi connectivity index (χ0) is 13.4. The minimum atomic E-state index is 0.304. The lowest BCUT2D eigenvalue weighted by Gasteiger charge is -2.34. The first-order chi connectivity index (χ1) is 9.20. The Labute approximate surface area is 112 Å². The van der Waals surface area contributed by atoms with Gasteiger partial charge in [-0.1, -0.05) is 13.8 Å². The predicted molar refractivity (Wildman–Crippen MR) is 69.5 cm³/mol. The van der Waals surface area contributed by atoms with E-state index in [2.05, 4.69) is 26.0 Å². The molecule has 0 aromatic heterocycles. The van der Waals surface area contributed by atoms with Crippen molar-refractivity contribution < 1.29 is 19.0 Å². The quantitative estimate of drug-likeness (QED) is 0.786. The van der Waals surface area contributed by atoms with Crippen LogP contribution in [0.2, 0.25) is 0 Å². The lowest BCUT2D eigenvalue weighted by Crippen LogP contribution is -2.24. The number of carbonyl (C=O) groups excluding carboxylic acids is 1. The fourth-order valence-corrected chi connectivity index (χ4v) is 3.21. The number of hydrogen-bond donors (Lipinski definition) is 0. The third kappa shape index (κ3) is 2.05. The van der Waals surface area contributed by atoms with Gasteiger partial charge in [0, 0.05) is 5.92 Å². The van der Waals surface area contributed by atoms with Gasteiger partial charge in [0.05, 0.1) is 6.61 Å². The molecular formula is C15H18O4. The molecule has 0 bridgehead atoms. The first kappa shape index (κ1) is 12.3. The van der Waals surface area contributed by atoms with E-state index in [0.717, 1.165) is 17.9 Å². The summed E-state index contributed by atoms with van der Waals surface area (Å²) in [6.45, 7) is 5.72. The van der Waals surface area contributed by atoms with Crippen molar-refractivity contribution in [3.63, 3.8) is 0 Å². The summed E-state index contributed by atoms with van der Waals surface area (Å²) >= 11 is 0. The third-order valence-electron chi connectivity index (χ3n) is 4.34. The van der Waals surface area contributed by atoms with Gasteiger partial charge < -0.3 is 14.2 Å². The van der Waals surface area contributed by atoms with Crippen LogP contribution in [0.4, 0.5) is 0 Å². The maximum atomic E-state index is 10.4. The van der Waals surface area contributed by atoms with Gasteiger partial charge in [-0.2, -0.15) is 0 Å². The molecule has 0 radical (unpaired) electrons. The van der Waals surface area contributed by atoms with Gasteiger partial charge in [-0.15, -0.1) is 0 Å². The highest BCUT2D eigenvalue weighted by Gasteiger charge is 2.33. The fourth-order valence-electron chi connectivity index (χ4n) is 3.21. The summed E-state index contributed by atoms with van der Waals surface area (Å²) in [7, 11) is 0. The molecule has 0 amide bonds. The van der Waals surface area contributed by atoms with Crippen molar-refractivity contribution in [3.8, 4) is 11.5 Å². The van der Waals surface area contributed by atoms with Crippen LogP contribution in [0.3, 0.4) is 0 Å². The van der Waals surface area contributed by atoms with Crippen molar-refractivity contribution in [2.24, 2.45) is 5.92 Å². The molecule has 0 saturated carbocycles. The molecule has 19 heavy (non-hydrogen) atoms. The van der Waals surface area contributed by atoms with Crippen LogP contribution in [0.15, 0.2) is 12.1 Å². The molecule has 0 fully saturated rings. The SMILES string of the molecule is CC1CC(COC=O)C(C)c2cc3c(cc21)OCO3. The van der Waals surface area contributed by atoms with Gasteiger partial charge in [0.25, 0.3) is 6.47 Å². The normalized spacial score (nSPS) is 27.8. The molecule has 3 rings (SSSR count). The van der Waals surface area contributed by atoms with Crippen molar-refractivity contribution in [1.82, 2.24) is 0 Å². The third-order valence-corrected chi connectivity index (χ3v) is 4.34. The van der Waals surface area contributed by atoms with E-state index >= 15 is 0 Å². The van der Waals surface area contributed by atoms with Gasteiger partial charge in [0.1, 0.15) is 0 Å². The lowest BCUT2D eigenvalue weighted by molar-refractivity contribution is -0.130. The number of carbonyl (C=O) groups is 1. The smallest absolute Gasteiger partial charge is 0.293 e. The largest absolute Gasteiger partial charge is 0.468 e. The fraction of sp³-hybridized carbons (Fsp3) is 0.533. The zero-order valence-corrected chi connectivity index (χ0v) is 11.2. The van der Waals surface area contributed by atoms with E-state index in [1.165, 1.54) is 11.1 Å². The molecule has 1 aromatic rings. The van der Waals surface area contributed by atoms with E-state index in [9.17, 15) is 4.79 Å².